The molecule has 0 spiro atoms. The molecule has 0 fully saturated rings. The Morgan fingerprint density at radius 1 is 1.47 bits per heavy atom. The Bertz CT molecular complexity index is 421. The third kappa shape index (κ3) is 2.51. The first-order valence-electron chi connectivity index (χ1n) is 4.11. The number of carbonyl (C=O) groups excluding carboxylic acids is 1. The van der Waals surface area contributed by atoms with Gasteiger partial charge in [-0.3, -0.25) is 9.89 Å². The summed E-state index contributed by atoms with van der Waals surface area (Å²) in [7, 11) is 0. The van der Waals surface area contributed by atoms with Crippen LogP contribution in [-0.4, -0.2) is 39.1 Å². The van der Waals surface area contributed by atoms with E-state index >= 15 is 0 Å². The number of amides is 1. The lowest BCUT2D eigenvalue weighted by atomic mass is 10.4. The smallest absolute Gasteiger partial charge is 0.295 e. The van der Waals surface area contributed by atoms with E-state index in [1.54, 1.807) is 19.1 Å². The van der Waals surface area contributed by atoms with E-state index < -0.39 is 5.91 Å². The van der Waals surface area contributed by atoms with Gasteiger partial charge in [0.25, 0.3) is 5.91 Å². The van der Waals surface area contributed by atoms with Crippen molar-refractivity contribution < 1.29 is 4.79 Å². The predicted octanol–water partition coefficient (Wildman–Crippen LogP) is -0.398. The van der Waals surface area contributed by atoms with Crippen LogP contribution in [-0.2, 0) is 0 Å². The number of rotatable bonds is 3. The Morgan fingerprint density at radius 2 is 2.07 bits per heavy atom. The Kier molecular flexibility index (Phi) is 3.36. The lowest BCUT2D eigenvalue weighted by Gasteiger charge is -2.12. The molecule has 1 N–H and O–H groups in total. The first kappa shape index (κ1) is 10.7. The van der Waals surface area contributed by atoms with E-state index in [1.807, 2.05) is 0 Å². The quantitative estimate of drug-likeness (QED) is 0.674. The van der Waals surface area contributed by atoms with Crippen LogP contribution in [0.2, 0.25) is 0 Å². The maximum atomic E-state index is 11.6. The highest BCUT2D eigenvalue weighted by Crippen LogP contribution is 1.98. The molecular weight excluding hydrogens is 196 g/mol. The van der Waals surface area contributed by atoms with Gasteiger partial charge in [0.2, 0.25) is 5.82 Å². The molecule has 7 heteroatoms. The number of nitrogens with zero attached hydrogens (tertiary/aromatic N) is 5. The van der Waals surface area contributed by atoms with Gasteiger partial charge in [0.1, 0.15) is 18.9 Å². The van der Waals surface area contributed by atoms with Gasteiger partial charge in [-0.2, -0.15) is 10.5 Å². The minimum Gasteiger partial charge on any atom is -0.309 e. The SMILES string of the molecule is Cc1nc(C(=O)N(CC#N)CC#N)n[nH]1. The number of hydrogen-bond donors (Lipinski definition) is 1. The highest BCUT2D eigenvalue weighted by atomic mass is 16.2. The summed E-state index contributed by atoms with van der Waals surface area (Å²) in [6.07, 6.45) is 0. The van der Waals surface area contributed by atoms with Gasteiger partial charge in [-0.1, -0.05) is 0 Å². The van der Waals surface area contributed by atoms with Gasteiger partial charge in [-0.25, -0.2) is 4.98 Å². The molecule has 0 atom stereocenters. The number of nitriles is 2. The fourth-order valence-corrected chi connectivity index (χ4v) is 0.950. The number of H-pyrrole nitrogens is 1. The average molecular weight is 204 g/mol. The van der Waals surface area contributed by atoms with E-state index in [2.05, 4.69) is 15.2 Å². The van der Waals surface area contributed by atoms with Crippen molar-refractivity contribution in [2.45, 2.75) is 6.92 Å². The standard InChI is InChI=1S/C8H8N6O/c1-6-11-7(13-12-6)8(15)14(4-2-9)5-3-10/h4-5H2,1H3,(H,11,12,13). The number of aromatic nitrogens is 3. The molecule has 76 valence electrons. The Labute approximate surface area is 85.9 Å². The number of aryl methyl sites for hydroxylation is 1. The Morgan fingerprint density at radius 3 is 2.47 bits per heavy atom. The zero-order chi connectivity index (χ0) is 11.3. The van der Waals surface area contributed by atoms with Crippen LogP contribution in [0.15, 0.2) is 0 Å². The fourth-order valence-electron chi connectivity index (χ4n) is 0.950. The second-order valence-corrected chi connectivity index (χ2v) is 2.72. The van der Waals surface area contributed by atoms with Gasteiger partial charge < -0.3 is 4.90 Å². The van der Waals surface area contributed by atoms with Crippen LogP contribution in [0.4, 0.5) is 0 Å². The molecule has 0 bridgehead atoms. The van der Waals surface area contributed by atoms with Crippen LogP contribution in [0.25, 0.3) is 0 Å². The maximum absolute atomic E-state index is 11.6. The first-order valence-corrected chi connectivity index (χ1v) is 4.11. The molecule has 1 heterocycles. The van der Waals surface area contributed by atoms with Crippen LogP contribution < -0.4 is 0 Å². The van der Waals surface area contributed by atoms with E-state index in [-0.39, 0.29) is 18.9 Å². The van der Waals surface area contributed by atoms with Crippen molar-refractivity contribution in [3.8, 4) is 12.1 Å². The number of nitrogens with one attached hydrogen (secondary N) is 1. The Balaban J connectivity index is 2.82. The topological polar surface area (TPSA) is 109 Å². The van der Waals surface area contributed by atoms with Crippen molar-refractivity contribution in [3.63, 3.8) is 0 Å². The summed E-state index contributed by atoms with van der Waals surface area (Å²) < 4.78 is 0. The minimum atomic E-state index is -0.526. The van der Waals surface area contributed by atoms with Crippen molar-refractivity contribution >= 4 is 5.91 Å². The van der Waals surface area contributed by atoms with E-state index in [0.29, 0.717) is 5.82 Å². The molecule has 1 amide bonds. The summed E-state index contributed by atoms with van der Waals surface area (Å²) in [5, 5.41) is 23.1. The number of carbonyl (C=O) groups is 1. The van der Waals surface area contributed by atoms with E-state index in [1.165, 1.54) is 0 Å². The van der Waals surface area contributed by atoms with E-state index in [0.717, 1.165) is 4.90 Å². The summed E-state index contributed by atoms with van der Waals surface area (Å²) in [6, 6.07) is 3.60. The van der Waals surface area contributed by atoms with Crippen LogP contribution in [0.5, 0.6) is 0 Å². The largest absolute Gasteiger partial charge is 0.309 e. The normalized spacial score (nSPS) is 9.00. The van der Waals surface area contributed by atoms with Gasteiger partial charge in [0, 0.05) is 0 Å². The van der Waals surface area contributed by atoms with Crippen LogP contribution in [0.3, 0.4) is 0 Å². The predicted molar refractivity (Wildman–Crippen MR) is 48.2 cm³/mol. The third-order valence-corrected chi connectivity index (χ3v) is 1.60. The molecule has 1 rings (SSSR count). The maximum Gasteiger partial charge on any atom is 0.295 e. The zero-order valence-electron chi connectivity index (χ0n) is 8.06. The van der Waals surface area contributed by atoms with Crippen molar-refractivity contribution in [1.82, 2.24) is 20.1 Å². The molecule has 7 nitrogen and oxygen atoms in total. The van der Waals surface area contributed by atoms with Crippen molar-refractivity contribution in [2.75, 3.05) is 13.1 Å². The molecular formula is C8H8N6O. The third-order valence-electron chi connectivity index (χ3n) is 1.60. The molecule has 0 saturated heterocycles. The number of hydrogen-bond acceptors (Lipinski definition) is 5. The van der Waals surface area contributed by atoms with Crippen LogP contribution in [0.1, 0.15) is 16.4 Å². The minimum absolute atomic E-state index is 0.0296. The van der Waals surface area contributed by atoms with E-state index in [4.69, 9.17) is 10.5 Å². The van der Waals surface area contributed by atoms with Gasteiger partial charge >= 0.3 is 0 Å². The van der Waals surface area contributed by atoms with Crippen molar-refractivity contribution in [2.24, 2.45) is 0 Å². The summed E-state index contributed by atoms with van der Waals surface area (Å²) >= 11 is 0. The summed E-state index contributed by atoms with van der Waals surface area (Å²) in [5.41, 5.74) is 0. The first-order chi connectivity index (χ1) is 7.19. The molecule has 0 radical (unpaired) electrons. The van der Waals surface area contributed by atoms with Gasteiger partial charge in [0.15, 0.2) is 0 Å². The molecule has 0 aliphatic rings. The molecule has 0 aliphatic carbocycles. The summed E-state index contributed by atoms with van der Waals surface area (Å²) in [4.78, 5) is 16.5. The van der Waals surface area contributed by atoms with Crippen molar-refractivity contribution in [1.29, 1.82) is 10.5 Å². The average Bonchev–Trinajstić information content (AvgIpc) is 2.63. The van der Waals surface area contributed by atoms with Crippen LogP contribution in [0, 0.1) is 29.6 Å². The number of aromatic amines is 1. The van der Waals surface area contributed by atoms with Gasteiger partial charge in [-0.15, -0.1) is 5.10 Å². The molecule has 0 aliphatic heterocycles. The van der Waals surface area contributed by atoms with E-state index in [9.17, 15) is 4.79 Å². The zero-order valence-corrected chi connectivity index (χ0v) is 8.06. The summed E-state index contributed by atoms with van der Waals surface area (Å²) in [5.74, 6) is -0.0485. The second kappa shape index (κ2) is 4.72. The molecule has 0 unspecified atom stereocenters. The monoisotopic (exact) mass is 204 g/mol. The van der Waals surface area contributed by atoms with Gasteiger partial charge in [-0.05, 0) is 6.92 Å². The van der Waals surface area contributed by atoms with Gasteiger partial charge in [0.05, 0.1) is 12.1 Å². The van der Waals surface area contributed by atoms with Crippen molar-refractivity contribution in [3.05, 3.63) is 11.6 Å². The van der Waals surface area contributed by atoms with Crippen LogP contribution >= 0.6 is 0 Å². The second-order valence-electron chi connectivity index (χ2n) is 2.72. The summed E-state index contributed by atoms with van der Waals surface area (Å²) in [6.45, 7) is 1.35. The molecule has 1 aromatic rings. The molecule has 0 aromatic carbocycles. The molecule has 0 saturated carbocycles. The highest BCUT2D eigenvalue weighted by molar-refractivity contribution is 5.90. The fraction of sp³-hybridized carbons (Fsp3) is 0.375. The molecule has 1 aromatic heterocycles. The Hall–Kier alpha value is -2.41. The molecule has 15 heavy (non-hydrogen) atoms. The lowest BCUT2D eigenvalue weighted by molar-refractivity contribution is 0.0783. The highest BCUT2D eigenvalue weighted by Gasteiger charge is 2.18. The lowest BCUT2D eigenvalue weighted by Crippen LogP contribution is -2.32.